The average Bonchev–Trinajstić information content (AvgIpc) is 2.70. The van der Waals surface area contributed by atoms with Crippen LogP contribution in [-0.4, -0.2) is 25.7 Å². The predicted octanol–water partition coefficient (Wildman–Crippen LogP) is 6.77. The van der Waals surface area contributed by atoms with E-state index in [9.17, 15) is 9.59 Å². The summed E-state index contributed by atoms with van der Waals surface area (Å²) in [6.07, 6.45) is 20.0. The van der Waals surface area contributed by atoms with Crippen LogP contribution in [0.3, 0.4) is 0 Å². The van der Waals surface area contributed by atoms with Gasteiger partial charge in [-0.05, 0) is 38.0 Å². The minimum atomic E-state index is -0.211. The lowest BCUT2D eigenvalue weighted by Crippen LogP contribution is -2.10. The van der Waals surface area contributed by atoms with Gasteiger partial charge in [-0.2, -0.15) is 0 Å². The summed E-state index contributed by atoms with van der Waals surface area (Å²) < 4.78 is 10.1. The van der Waals surface area contributed by atoms with Crippen molar-refractivity contribution in [2.75, 3.05) is 13.7 Å². The van der Waals surface area contributed by atoms with E-state index >= 15 is 0 Å². The van der Waals surface area contributed by atoms with Crippen molar-refractivity contribution in [2.45, 2.75) is 110 Å². The van der Waals surface area contributed by atoms with Crippen LogP contribution in [0.15, 0.2) is 12.2 Å². The Morgan fingerprint density at radius 1 is 0.821 bits per heavy atom. The largest absolute Gasteiger partial charge is 0.469 e. The van der Waals surface area contributed by atoms with E-state index in [0.717, 1.165) is 51.4 Å². The Kier molecular flexibility index (Phi) is 19.5. The smallest absolute Gasteiger partial charge is 0.330 e. The fraction of sp³-hybridized carbons (Fsp3) is 0.833. The summed E-state index contributed by atoms with van der Waals surface area (Å²) in [6, 6.07) is 0. The summed E-state index contributed by atoms with van der Waals surface area (Å²) in [5, 5.41) is 0. The highest BCUT2D eigenvalue weighted by molar-refractivity contribution is 5.81. The maximum absolute atomic E-state index is 11.6. The number of esters is 2. The normalized spacial score (nSPS) is 12.2. The Morgan fingerprint density at radius 3 is 2.18 bits per heavy atom. The number of carbonyl (C=O) groups is 2. The van der Waals surface area contributed by atoms with Crippen molar-refractivity contribution in [3.63, 3.8) is 0 Å². The number of rotatable bonds is 19. The molecule has 0 radical (unpaired) electrons. The molecule has 0 spiro atoms. The van der Waals surface area contributed by atoms with Gasteiger partial charge in [-0.25, -0.2) is 4.79 Å². The summed E-state index contributed by atoms with van der Waals surface area (Å²) in [6.45, 7) is 4.90. The van der Waals surface area contributed by atoms with Gasteiger partial charge in [0, 0.05) is 12.5 Å². The molecule has 0 aliphatic heterocycles. The number of unbranched alkanes of at least 4 members (excludes halogenated alkanes) is 9. The molecule has 0 amide bonds. The number of carbonyl (C=O) groups excluding carboxylic acids is 2. The van der Waals surface area contributed by atoms with E-state index in [-0.39, 0.29) is 11.9 Å². The number of allylic oxidation sites excluding steroid dienone is 1. The van der Waals surface area contributed by atoms with Gasteiger partial charge >= 0.3 is 11.9 Å². The molecule has 0 N–H and O–H groups in total. The lowest BCUT2D eigenvalue weighted by molar-refractivity contribution is -0.142. The molecule has 1 unspecified atom stereocenters. The van der Waals surface area contributed by atoms with Gasteiger partial charge in [0.05, 0.1) is 13.7 Å². The van der Waals surface area contributed by atoms with Crippen molar-refractivity contribution < 1.29 is 19.1 Å². The van der Waals surface area contributed by atoms with E-state index in [1.54, 1.807) is 6.08 Å². The summed E-state index contributed by atoms with van der Waals surface area (Å²) in [4.78, 5) is 23.1. The SMILES string of the molecule is CCCCCC/C=C/C(=O)OCCCCCCCC(CCCC)CC(=O)OC. The highest BCUT2D eigenvalue weighted by Gasteiger charge is 2.13. The molecule has 0 aliphatic carbocycles. The zero-order chi connectivity index (χ0) is 20.9. The molecular weight excluding hydrogens is 352 g/mol. The van der Waals surface area contributed by atoms with Crippen LogP contribution < -0.4 is 0 Å². The lowest BCUT2D eigenvalue weighted by atomic mass is 9.92. The molecule has 0 fully saturated rings. The van der Waals surface area contributed by atoms with Crippen LogP contribution in [0.5, 0.6) is 0 Å². The molecule has 164 valence electrons. The first kappa shape index (κ1) is 26.7. The molecule has 0 saturated heterocycles. The summed E-state index contributed by atoms with van der Waals surface area (Å²) in [7, 11) is 1.47. The Morgan fingerprint density at radius 2 is 1.46 bits per heavy atom. The van der Waals surface area contributed by atoms with Gasteiger partial charge in [-0.3, -0.25) is 4.79 Å². The van der Waals surface area contributed by atoms with E-state index in [0.29, 0.717) is 18.9 Å². The molecule has 0 aromatic heterocycles. The van der Waals surface area contributed by atoms with Crippen molar-refractivity contribution in [1.29, 1.82) is 0 Å². The van der Waals surface area contributed by atoms with Crippen molar-refractivity contribution in [3.8, 4) is 0 Å². The zero-order valence-corrected chi connectivity index (χ0v) is 18.7. The van der Waals surface area contributed by atoms with E-state index in [4.69, 9.17) is 9.47 Å². The molecule has 28 heavy (non-hydrogen) atoms. The molecule has 0 aromatic rings. The fourth-order valence-electron chi connectivity index (χ4n) is 3.32. The Balaban J connectivity index is 3.61. The molecule has 4 heteroatoms. The number of ether oxygens (including phenoxy) is 2. The van der Waals surface area contributed by atoms with Crippen LogP contribution in [0.2, 0.25) is 0 Å². The molecule has 0 aliphatic rings. The highest BCUT2D eigenvalue weighted by Crippen LogP contribution is 2.21. The van der Waals surface area contributed by atoms with E-state index in [2.05, 4.69) is 13.8 Å². The number of methoxy groups -OCH3 is 1. The second-order valence-corrected chi connectivity index (χ2v) is 7.76. The summed E-state index contributed by atoms with van der Waals surface area (Å²) in [5.41, 5.74) is 0. The number of hydrogen-bond donors (Lipinski definition) is 0. The van der Waals surface area contributed by atoms with Gasteiger partial charge < -0.3 is 9.47 Å². The van der Waals surface area contributed by atoms with Crippen LogP contribution >= 0.6 is 0 Å². The second kappa shape index (κ2) is 20.4. The van der Waals surface area contributed by atoms with Gasteiger partial charge in [-0.15, -0.1) is 0 Å². The lowest BCUT2D eigenvalue weighted by Gasteiger charge is -2.15. The monoisotopic (exact) mass is 396 g/mol. The Bertz CT molecular complexity index is 403. The molecular formula is C24H44O4. The van der Waals surface area contributed by atoms with Gasteiger partial charge in [0.25, 0.3) is 0 Å². The van der Waals surface area contributed by atoms with E-state index in [1.165, 1.54) is 45.6 Å². The average molecular weight is 397 g/mol. The van der Waals surface area contributed by atoms with Crippen molar-refractivity contribution >= 4 is 11.9 Å². The summed E-state index contributed by atoms with van der Waals surface area (Å²) >= 11 is 0. The van der Waals surface area contributed by atoms with Gasteiger partial charge in [0.15, 0.2) is 0 Å². The topological polar surface area (TPSA) is 52.6 Å². The van der Waals surface area contributed by atoms with Gasteiger partial charge in [0.2, 0.25) is 0 Å². The van der Waals surface area contributed by atoms with Crippen LogP contribution in [-0.2, 0) is 19.1 Å². The van der Waals surface area contributed by atoms with Crippen molar-refractivity contribution in [2.24, 2.45) is 5.92 Å². The minimum absolute atomic E-state index is 0.0853. The standard InChI is InChI=1S/C24H44O4/c1-4-6-8-9-12-15-19-23(25)28-20-16-13-10-11-14-18-22(17-7-5-2)21-24(26)27-3/h15,19,22H,4-14,16-18,20-21H2,1-3H3/b19-15+. The van der Waals surface area contributed by atoms with Crippen LogP contribution in [0, 0.1) is 5.92 Å². The maximum Gasteiger partial charge on any atom is 0.330 e. The molecule has 0 aromatic carbocycles. The Hall–Kier alpha value is -1.32. The van der Waals surface area contributed by atoms with Crippen LogP contribution in [0.25, 0.3) is 0 Å². The molecule has 4 nitrogen and oxygen atoms in total. The quantitative estimate of drug-likeness (QED) is 0.137. The van der Waals surface area contributed by atoms with Gasteiger partial charge in [0.1, 0.15) is 0 Å². The maximum atomic E-state index is 11.6. The first-order valence-electron chi connectivity index (χ1n) is 11.5. The zero-order valence-electron chi connectivity index (χ0n) is 18.7. The number of hydrogen-bond acceptors (Lipinski definition) is 4. The van der Waals surface area contributed by atoms with Crippen molar-refractivity contribution in [3.05, 3.63) is 12.2 Å². The van der Waals surface area contributed by atoms with E-state index < -0.39 is 0 Å². The third-order valence-corrected chi connectivity index (χ3v) is 5.13. The Labute approximate surface area is 173 Å². The van der Waals surface area contributed by atoms with Crippen LogP contribution in [0.1, 0.15) is 110 Å². The van der Waals surface area contributed by atoms with Gasteiger partial charge in [-0.1, -0.05) is 77.7 Å². The third kappa shape index (κ3) is 18.1. The fourth-order valence-corrected chi connectivity index (χ4v) is 3.32. The molecule has 0 bridgehead atoms. The van der Waals surface area contributed by atoms with Crippen LogP contribution in [0.4, 0.5) is 0 Å². The second-order valence-electron chi connectivity index (χ2n) is 7.76. The minimum Gasteiger partial charge on any atom is -0.469 e. The predicted molar refractivity (Wildman–Crippen MR) is 116 cm³/mol. The first-order valence-corrected chi connectivity index (χ1v) is 11.5. The first-order chi connectivity index (χ1) is 13.6. The van der Waals surface area contributed by atoms with E-state index in [1.807, 2.05) is 6.08 Å². The highest BCUT2D eigenvalue weighted by atomic mass is 16.5. The molecule has 0 heterocycles. The third-order valence-electron chi connectivity index (χ3n) is 5.13. The molecule has 0 saturated carbocycles. The molecule has 1 atom stereocenters. The molecule has 0 rings (SSSR count). The van der Waals surface area contributed by atoms with Crippen molar-refractivity contribution in [1.82, 2.24) is 0 Å². The summed E-state index contributed by atoms with van der Waals surface area (Å²) in [5.74, 6) is 0.164.